The molecule has 4 heteroatoms. The van der Waals surface area contributed by atoms with Gasteiger partial charge in [-0.25, -0.2) is 4.39 Å². The predicted octanol–water partition coefficient (Wildman–Crippen LogP) is 4.47. The summed E-state index contributed by atoms with van der Waals surface area (Å²) in [6.07, 6.45) is 0.182. The van der Waals surface area contributed by atoms with Gasteiger partial charge in [0.15, 0.2) is 17.3 Å². The van der Waals surface area contributed by atoms with Crippen molar-refractivity contribution < 1.29 is 13.9 Å². The number of benzene rings is 2. The van der Waals surface area contributed by atoms with E-state index in [1.807, 2.05) is 29.6 Å². The molecule has 0 unspecified atom stereocenters. The van der Waals surface area contributed by atoms with E-state index in [0.29, 0.717) is 11.1 Å². The van der Waals surface area contributed by atoms with Crippen molar-refractivity contribution in [2.45, 2.75) is 6.42 Å². The van der Waals surface area contributed by atoms with Gasteiger partial charge in [-0.2, -0.15) is 0 Å². The molecule has 0 bridgehead atoms. The van der Waals surface area contributed by atoms with Crippen molar-refractivity contribution in [2.24, 2.45) is 0 Å². The van der Waals surface area contributed by atoms with E-state index < -0.39 is 5.82 Å². The van der Waals surface area contributed by atoms with Crippen molar-refractivity contribution >= 4 is 27.2 Å². The normalized spacial score (nSPS) is 10.8. The minimum Gasteiger partial charge on any atom is -0.494 e. The van der Waals surface area contributed by atoms with Gasteiger partial charge in [-0.1, -0.05) is 24.3 Å². The van der Waals surface area contributed by atoms with E-state index in [1.54, 1.807) is 23.5 Å². The van der Waals surface area contributed by atoms with E-state index in [2.05, 4.69) is 0 Å². The topological polar surface area (TPSA) is 26.3 Å². The summed E-state index contributed by atoms with van der Waals surface area (Å²) in [5.41, 5.74) is 1.35. The number of hydrogen-bond donors (Lipinski definition) is 0. The van der Waals surface area contributed by atoms with Crippen LogP contribution in [-0.2, 0) is 6.42 Å². The summed E-state index contributed by atoms with van der Waals surface area (Å²) in [6, 6.07) is 12.4. The Bertz CT molecular complexity index is 807. The molecule has 3 rings (SSSR count). The zero-order valence-corrected chi connectivity index (χ0v) is 12.2. The molecule has 0 radical (unpaired) electrons. The van der Waals surface area contributed by atoms with Crippen LogP contribution < -0.4 is 4.74 Å². The van der Waals surface area contributed by atoms with Crippen LogP contribution in [0.3, 0.4) is 0 Å². The van der Waals surface area contributed by atoms with Gasteiger partial charge in [-0.15, -0.1) is 11.3 Å². The maximum absolute atomic E-state index is 13.7. The third-order valence-electron chi connectivity index (χ3n) is 3.36. The summed E-state index contributed by atoms with van der Waals surface area (Å²) in [6.45, 7) is 0. The fourth-order valence-electron chi connectivity index (χ4n) is 2.29. The zero-order valence-electron chi connectivity index (χ0n) is 11.4. The number of rotatable bonds is 4. The standard InChI is InChI=1S/C17H13FO2S/c1-20-16-7-6-11(8-14(16)18)9-15(19)13-10-21-17-5-3-2-4-12(13)17/h2-8,10H,9H2,1H3. The van der Waals surface area contributed by atoms with Crippen LogP contribution in [0.4, 0.5) is 4.39 Å². The molecule has 106 valence electrons. The number of thiophene rings is 1. The Kier molecular flexibility index (Phi) is 3.71. The number of carbonyl (C=O) groups is 1. The highest BCUT2D eigenvalue weighted by Crippen LogP contribution is 2.27. The molecule has 0 fully saturated rings. The Morgan fingerprint density at radius 1 is 1.24 bits per heavy atom. The molecule has 0 aliphatic carbocycles. The molecule has 21 heavy (non-hydrogen) atoms. The molecular weight excluding hydrogens is 287 g/mol. The first-order chi connectivity index (χ1) is 10.2. The van der Waals surface area contributed by atoms with E-state index in [1.165, 1.54) is 13.2 Å². The Hall–Kier alpha value is -2.20. The largest absolute Gasteiger partial charge is 0.494 e. The third kappa shape index (κ3) is 2.67. The first-order valence-corrected chi connectivity index (χ1v) is 7.39. The SMILES string of the molecule is COc1ccc(CC(=O)c2csc3ccccc23)cc1F. The fourth-order valence-corrected chi connectivity index (χ4v) is 3.26. The monoisotopic (exact) mass is 300 g/mol. The molecule has 0 spiro atoms. The highest BCUT2D eigenvalue weighted by Gasteiger charge is 2.13. The number of hydrogen-bond acceptors (Lipinski definition) is 3. The van der Waals surface area contributed by atoms with Gasteiger partial charge in [0.05, 0.1) is 7.11 Å². The third-order valence-corrected chi connectivity index (χ3v) is 4.33. The number of fused-ring (bicyclic) bond motifs is 1. The fraction of sp³-hybridized carbons (Fsp3) is 0.118. The second kappa shape index (κ2) is 5.66. The van der Waals surface area contributed by atoms with Crippen LogP contribution in [0, 0.1) is 5.82 Å². The Labute approximate surface area is 125 Å². The minimum absolute atomic E-state index is 0.00276. The molecule has 1 aromatic heterocycles. The summed E-state index contributed by atoms with van der Waals surface area (Å²) in [4.78, 5) is 12.4. The number of ketones is 1. The summed E-state index contributed by atoms with van der Waals surface area (Å²) in [5, 5.41) is 2.83. The second-order valence-corrected chi connectivity index (χ2v) is 5.63. The average molecular weight is 300 g/mol. The highest BCUT2D eigenvalue weighted by atomic mass is 32.1. The van der Waals surface area contributed by atoms with Gasteiger partial charge in [0.1, 0.15) is 0 Å². The Morgan fingerprint density at radius 2 is 2.05 bits per heavy atom. The number of methoxy groups -OCH3 is 1. The highest BCUT2D eigenvalue weighted by molar-refractivity contribution is 7.17. The van der Waals surface area contributed by atoms with Crippen molar-refractivity contribution in [3.05, 3.63) is 64.8 Å². The van der Waals surface area contributed by atoms with E-state index in [4.69, 9.17) is 4.74 Å². The van der Waals surface area contributed by atoms with Crippen LogP contribution in [0.2, 0.25) is 0 Å². The average Bonchev–Trinajstić information content (AvgIpc) is 2.91. The Balaban J connectivity index is 1.88. The van der Waals surface area contributed by atoms with Gasteiger partial charge in [0.2, 0.25) is 0 Å². The van der Waals surface area contributed by atoms with Crippen molar-refractivity contribution in [1.82, 2.24) is 0 Å². The number of Topliss-reactive ketones (excluding diaryl/α,β-unsaturated/α-hetero) is 1. The lowest BCUT2D eigenvalue weighted by Gasteiger charge is -2.04. The van der Waals surface area contributed by atoms with Crippen LogP contribution in [0.25, 0.3) is 10.1 Å². The maximum atomic E-state index is 13.7. The number of halogens is 1. The molecular formula is C17H13FO2S. The summed E-state index contributed by atoms with van der Waals surface area (Å²) in [7, 11) is 1.42. The number of ether oxygens (including phenoxy) is 1. The molecule has 0 saturated heterocycles. The zero-order chi connectivity index (χ0) is 14.8. The van der Waals surface area contributed by atoms with E-state index in [9.17, 15) is 9.18 Å². The van der Waals surface area contributed by atoms with E-state index in [0.717, 1.165) is 10.1 Å². The predicted molar refractivity (Wildman–Crippen MR) is 82.8 cm³/mol. The van der Waals surface area contributed by atoms with Crippen LogP contribution in [0.5, 0.6) is 5.75 Å². The molecule has 3 aromatic rings. The molecule has 0 saturated carbocycles. The van der Waals surface area contributed by atoms with Crippen molar-refractivity contribution in [3.63, 3.8) is 0 Å². The molecule has 0 atom stereocenters. The molecule has 0 aliphatic heterocycles. The molecule has 0 amide bonds. The van der Waals surface area contributed by atoms with E-state index >= 15 is 0 Å². The molecule has 1 heterocycles. The summed E-state index contributed by atoms with van der Waals surface area (Å²) in [5.74, 6) is -0.262. The minimum atomic E-state index is -0.446. The van der Waals surface area contributed by atoms with Crippen LogP contribution in [0.1, 0.15) is 15.9 Å². The molecule has 0 N–H and O–H groups in total. The maximum Gasteiger partial charge on any atom is 0.168 e. The Morgan fingerprint density at radius 3 is 2.81 bits per heavy atom. The van der Waals surface area contributed by atoms with Gasteiger partial charge >= 0.3 is 0 Å². The van der Waals surface area contributed by atoms with Crippen molar-refractivity contribution in [1.29, 1.82) is 0 Å². The smallest absolute Gasteiger partial charge is 0.168 e. The van der Waals surface area contributed by atoms with Crippen molar-refractivity contribution in [3.8, 4) is 5.75 Å². The van der Waals surface area contributed by atoms with Crippen LogP contribution in [0.15, 0.2) is 47.8 Å². The lowest BCUT2D eigenvalue weighted by atomic mass is 10.0. The van der Waals surface area contributed by atoms with E-state index in [-0.39, 0.29) is 18.0 Å². The quantitative estimate of drug-likeness (QED) is 0.664. The number of carbonyl (C=O) groups excluding carboxylic acids is 1. The lowest BCUT2D eigenvalue weighted by Crippen LogP contribution is -2.03. The molecule has 0 aliphatic rings. The first kappa shape index (κ1) is 13.8. The first-order valence-electron chi connectivity index (χ1n) is 6.51. The van der Waals surface area contributed by atoms with Crippen LogP contribution >= 0.6 is 11.3 Å². The second-order valence-electron chi connectivity index (χ2n) is 4.71. The van der Waals surface area contributed by atoms with Gasteiger partial charge in [0, 0.05) is 27.5 Å². The molecule has 2 nitrogen and oxygen atoms in total. The summed E-state index contributed by atoms with van der Waals surface area (Å²) < 4.78 is 19.6. The van der Waals surface area contributed by atoms with Gasteiger partial charge < -0.3 is 4.74 Å². The molecule has 2 aromatic carbocycles. The van der Waals surface area contributed by atoms with Crippen molar-refractivity contribution in [2.75, 3.05) is 7.11 Å². The van der Waals surface area contributed by atoms with Gasteiger partial charge in [0.25, 0.3) is 0 Å². The lowest BCUT2D eigenvalue weighted by molar-refractivity contribution is 0.0995. The van der Waals surface area contributed by atoms with Gasteiger partial charge in [-0.3, -0.25) is 4.79 Å². The van der Waals surface area contributed by atoms with Gasteiger partial charge in [-0.05, 0) is 23.8 Å². The summed E-state index contributed by atoms with van der Waals surface area (Å²) >= 11 is 1.55. The van der Waals surface area contributed by atoms with Crippen LogP contribution in [-0.4, -0.2) is 12.9 Å².